The molecule has 0 aromatic heterocycles. The lowest BCUT2D eigenvalue weighted by atomic mass is 10.1. The molecule has 0 saturated heterocycles. The molecule has 0 aliphatic carbocycles. The van der Waals surface area contributed by atoms with Crippen LogP contribution in [0.2, 0.25) is 0 Å². The molecule has 0 radical (unpaired) electrons. The van der Waals surface area contributed by atoms with Gasteiger partial charge in [-0.3, -0.25) is 14.9 Å². The first-order valence-electron chi connectivity index (χ1n) is 5.68. The van der Waals surface area contributed by atoms with Gasteiger partial charge in [-0.2, -0.15) is 0 Å². The number of hydrogen-bond acceptors (Lipinski definition) is 5. The third-order valence-electron chi connectivity index (χ3n) is 2.49. The van der Waals surface area contributed by atoms with Gasteiger partial charge in [-0.05, 0) is 6.07 Å². The Balaban J connectivity index is 2.90. The number of carbonyl (C=O) groups excluding carboxylic acids is 1. The largest absolute Gasteiger partial charge is 0.492 e. The molecule has 0 heterocycles. The first-order chi connectivity index (χ1) is 9.34. The van der Waals surface area contributed by atoms with E-state index in [9.17, 15) is 19.7 Å². The molecule has 0 spiro atoms. The summed E-state index contributed by atoms with van der Waals surface area (Å²) >= 11 is 0. The van der Waals surface area contributed by atoms with Crippen molar-refractivity contribution in [3.05, 3.63) is 33.9 Å². The first kappa shape index (κ1) is 15.4. The van der Waals surface area contributed by atoms with Gasteiger partial charge in [0.2, 0.25) is 5.91 Å². The predicted molar refractivity (Wildman–Crippen MR) is 68.9 cm³/mol. The van der Waals surface area contributed by atoms with Gasteiger partial charge in [0.15, 0.2) is 5.56 Å². The molecule has 20 heavy (non-hydrogen) atoms. The van der Waals surface area contributed by atoms with Crippen LogP contribution in [0, 0.1) is 10.1 Å². The van der Waals surface area contributed by atoms with Crippen LogP contribution in [0.5, 0.6) is 5.75 Å². The number of aromatic carboxylic acids is 1. The van der Waals surface area contributed by atoms with E-state index in [0.29, 0.717) is 0 Å². The van der Waals surface area contributed by atoms with E-state index in [1.165, 1.54) is 17.0 Å². The highest BCUT2D eigenvalue weighted by molar-refractivity contribution is 5.95. The van der Waals surface area contributed by atoms with E-state index in [4.69, 9.17) is 9.84 Å². The summed E-state index contributed by atoms with van der Waals surface area (Å²) in [5.41, 5.74) is -1.07. The highest BCUT2D eigenvalue weighted by atomic mass is 16.6. The Morgan fingerprint density at radius 2 is 2.05 bits per heavy atom. The zero-order valence-electron chi connectivity index (χ0n) is 11.0. The predicted octanol–water partition coefficient (Wildman–Crippen LogP) is 1.15. The molecular weight excluding hydrogens is 268 g/mol. The molecule has 8 heteroatoms. The Kier molecular flexibility index (Phi) is 5.01. The monoisotopic (exact) mass is 282 g/mol. The van der Waals surface area contributed by atoms with Gasteiger partial charge in [-0.1, -0.05) is 6.07 Å². The molecule has 0 unspecified atom stereocenters. The van der Waals surface area contributed by atoms with E-state index in [-0.39, 0.29) is 24.7 Å². The molecule has 0 bridgehead atoms. The van der Waals surface area contributed by atoms with Crippen molar-refractivity contribution in [2.75, 3.05) is 20.7 Å². The van der Waals surface area contributed by atoms with Gasteiger partial charge < -0.3 is 14.7 Å². The Hall–Kier alpha value is -2.64. The number of carboxylic acid groups (broad SMARTS) is 1. The van der Waals surface area contributed by atoms with Crippen LogP contribution in [0.4, 0.5) is 5.69 Å². The molecule has 0 aliphatic rings. The van der Waals surface area contributed by atoms with Crippen molar-refractivity contribution in [3.8, 4) is 5.75 Å². The molecular formula is C12H14N2O6. The van der Waals surface area contributed by atoms with Crippen LogP contribution in [0.25, 0.3) is 0 Å². The van der Waals surface area contributed by atoms with Crippen molar-refractivity contribution in [1.82, 2.24) is 4.90 Å². The maximum Gasteiger partial charge on any atom is 0.346 e. The minimum Gasteiger partial charge on any atom is -0.492 e. The van der Waals surface area contributed by atoms with Crippen molar-refractivity contribution in [2.45, 2.75) is 6.42 Å². The van der Waals surface area contributed by atoms with Gasteiger partial charge in [0.1, 0.15) is 5.75 Å². The molecule has 1 aromatic rings. The number of carbonyl (C=O) groups is 2. The van der Waals surface area contributed by atoms with Crippen molar-refractivity contribution in [2.24, 2.45) is 0 Å². The summed E-state index contributed by atoms with van der Waals surface area (Å²) in [6.45, 7) is -0.0571. The van der Waals surface area contributed by atoms with Crippen LogP contribution in [0.1, 0.15) is 16.8 Å². The summed E-state index contributed by atoms with van der Waals surface area (Å²) in [5, 5.41) is 19.8. The molecule has 1 rings (SSSR count). The standard InChI is InChI=1S/C12H14N2O6/c1-13(2)10(15)6-7-20-9-5-3-4-8(14(18)19)11(9)12(16)17/h3-5H,6-7H2,1-2H3,(H,16,17). The molecule has 0 aliphatic heterocycles. The Morgan fingerprint density at radius 3 is 2.55 bits per heavy atom. The van der Waals surface area contributed by atoms with Crippen LogP contribution in [-0.4, -0.2) is 47.5 Å². The number of rotatable bonds is 6. The van der Waals surface area contributed by atoms with E-state index < -0.39 is 22.1 Å². The quantitative estimate of drug-likeness (QED) is 0.619. The summed E-state index contributed by atoms with van der Waals surface area (Å²) in [6.07, 6.45) is 0.0503. The SMILES string of the molecule is CN(C)C(=O)CCOc1cccc([N+](=O)[O-])c1C(=O)O. The van der Waals surface area contributed by atoms with Crippen molar-refractivity contribution < 1.29 is 24.4 Å². The van der Waals surface area contributed by atoms with E-state index >= 15 is 0 Å². The van der Waals surface area contributed by atoms with E-state index in [1.807, 2.05) is 0 Å². The van der Waals surface area contributed by atoms with Crippen LogP contribution in [-0.2, 0) is 4.79 Å². The average Bonchev–Trinajstić information content (AvgIpc) is 2.37. The second kappa shape index (κ2) is 6.50. The second-order valence-electron chi connectivity index (χ2n) is 4.10. The molecule has 0 atom stereocenters. The van der Waals surface area contributed by atoms with E-state index in [1.54, 1.807) is 14.1 Å². The number of ether oxygens (including phenoxy) is 1. The summed E-state index contributed by atoms with van der Waals surface area (Å²) < 4.78 is 5.18. The topological polar surface area (TPSA) is 110 Å². The Morgan fingerprint density at radius 1 is 1.40 bits per heavy atom. The minimum atomic E-state index is -1.45. The number of nitro groups is 1. The maximum atomic E-state index is 11.3. The molecule has 0 saturated carbocycles. The molecule has 8 nitrogen and oxygen atoms in total. The van der Waals surface area contributed by atoms with Crippen molar-refractivity contribution >= 4 is 17.6 Å². The lowest BCUT2D eigenvalue weighted by Gasteiger charge is -2.12. The van der Waals surface area contributed by atoms with Crippen LogP contribution >= 0.6 is 0 Å². The first-order valence-corrected chi connectivity index (χ1v) is 5.68. The van der Waals surface area contributed by atoms with E-state index in [2.05, 4.69) is 0 Å². The highest BCUT2D eigenvalue weighted by Gasteiger charge is 2.24. The Bertz CT molecular complexity index is 541. The van der Waals surface area contributed by atoms with Gasteiger partial charge in [-0.15, -0.1) is 0 Å². The fourth-order valence-electron chi connectivity index (χ4n) is 1.48. The number of benzene rings is 1. The smallest absolute Gasteiger partial charge is 0.346 e. The third kappa shape index (κ3) is 3.67. The summed E-state index contributed by atoms with van der Waals surface area (Å²) in [4.78, 5) is 33.8. The number of amides is 1. The molecule has 1 amide bonds. The number of nitro benzene ring substituents is 1. The van der Waals surface area contributed by atoms with Crippen LogP contribution in [0.3, 0.4) is 0 Å². The lowest BCUT2D eigenvalue weighted by molar-refractivity contribution is -0.385. The molecule has 1 N–H and O–H groups in total. The number of carboxylic acids is 1. The lowest BCUT2D eigenvalue weighted by Crippen LogP contribution is -2.23. The average molecular weight is 282 g/mol. The third-order valence-corrected chi connectivity index (χ3v) is 2.49. The fourth-order valence-corrected chi connectivity index (χ4v) is 1.48. The summed E-state index contributed by atoms with van der Waals surface area (Å²) in [7, 11) is 3.16. The normalized spacial score (nSPS) is 9.90. The highest BCUT2D eigenvalue weighted by Crippen LogP contribution is 2.28. The fraction of sp³-hybridized carbons (Fsp3) is 0.333. The van der Waals surface area contributed by atoms with Gasteiger partial charge in [-0.25, -0.2) is 4.79 Å². The van der Waals surface area contributed by atoms with E-state index in [0.717, 1.165) is 6.07 Å². The summed E-state index contributed by atoms with van der Waals surface area (Å²) in [6, 6.07) is 3.73. The summed E-state index contributed by atoms with van der Waals surface area (Å²) in [5.74, 6) is -1.77. The molecule has 1 aromatic carbocycles. The zero-order valence-corrected chi connectivity index (χ0v) is 11.0. The van der Waals surface area contributed by atoms with Gasteiger partial charge in [0.25, 0.3) is 5.69 Å². The van der Waals surface area contributed by atoms with Gasteiger partial charge in [0.05, 0.1) is 18.0 Å². The van der Waals surface area contributed by atoms with Crippen LogP contribution in [0.15, 0.2) is 18.2 Å². The van der Waals surface area contributed by atoms with Gasteiger partial charge >= 0.3 is 5.97 Å². The molecule has 108 valence electrons. The zero-order chi connectivity index (χ0) is 15.3. The van der Waals surface area contributed by atoms with Gasteiger partial charge in [0, 0.05) is 20.2 Å². The number of nitrogens with zero attached hydrogens (tertiary/aromatic N) is 2. The Labute approximate surface area is 114 Å². The van der Waals surface area contributed by atoms with Crippen molar-refractivity contribution in [1.29, 1.82) is 0 Å². The number of hydrogen-bond donors (Lipinski definition) is 1. The minimum absolute atomic E-state index is 0.0503. The maximum absolute atomic E-state index is 11.3. The second-order valence-corrected chi connectivity index (χ2v) is 4.10. The molecule has 0 fully saturated rings. The van der Waals surface area contributed by atoms with Crippen molar-refractivity contribution in [3.63, 3.8) is 0 Å². The van der Waals surface area contributed by atoms with Crippen LogP contribution < -0.4 is 4.74 Å².